The van der Waals surface area contributed by atoms with E-state index in [0.717, 1.165) is 4.57 Å². The number of azo groups is 1. The van der Waals surface area contributed by atoms with Gasteiger partial charge in [0.05, 0.1) is 5.69 Å². The van der Waals surface area contributed by atoms with Crippen LogP contribution in [0.25, 0.3) is 0 Å². The number of nitriles is 1. The molecule has 1 aromatic carbocycles. The molecule has 2 aromatic rings. The van der Waals surface area contributed by atoms with Crippen LogP contribution in [0.5, 0.6) is 5.88 Å². The van der Waals surface area contributed by atoms with Gasteiger partial charge in [0.2, 0.25) is 5.88 Å². The third kappa shape index (κ3) is 3.53. The summed E-state index contributed by atoms with van der Waals surface area (Å²) in [5, 5.41) is 36.3. The Labute approximate surface area is 146 Å². The number of aromatic nitrogens is 1. The number of pyridine rings is 1. The standard InChI is InChI=1S/C16H15BrN4O3/c1-10-11(9-18)15(23)21(7-4-8-22)16(24)14(10)20-19-13-6-3-2-5-12(13)17/h2-3,5-6,22-23H,4,7-8H2,1H3. The maximum absolute atomic E-state index is 12.5. The van der Waals surface area contributed by atoms with Crippen LogP contribution in [0.3, 0.4) is 0 Å². The van der Waals surface area contributed by atoms with Gasteiger partial charge in [-0.3, -0.25) is 9.36 Å². The smallest absolute Gasteiger partial charge is 0.281 e. The number of hydrogen-bond donors (Lipinski definition) is 2. The maximum Gasteiger partial charge on any atom is 0.281 e. The zero-order valence-electron chi connectivity index (χ0n) is 12.9. The van der Waals surface area contributed by atoms with E-state index < -0.39 is 11.4 Å². The molecule has 0 saturated carbocycles. The van der Waals surface area contributed by atoms with Gasteiger partial charge in [0, 0.05) is 23.2 Å². The minimum atomic E-state index is -0.562. The van der Waals surface area contributed by atoms with Crippen molar-refractivity contribution in [1.29, 1.82) is 5.26 Å². The van der Waals surface area contributed by atoms with Crippen LogP contribution >= 0.6 is 15.9 Å². The van der Waals surface area contributed by atoms with Crippen LogP contribution < -0.4 is 5.56 Å². The number of aliphatic hydroxyl groups is 1. The highest BCUT2D eigenvalue weighted by atomic mass is 79.9. The van der Waals surface area contributed by atoms with Crippen molar-refractivity contribution in [2.45, 2.75) is 19.9 Å². The summed E-state index contributed by atoms with van der Waals surface area (Å²) in [5.41, 5.74) is 0.181. The number of aliphatic hydroxyl groups excluding tert-OH is 1. The largest absolute Gasteiger partial charge is 0.493 e. The second-order valence-electron chi connectivity index (χ2n) is 4.97. The molecule has 24 heavy (non-hydrogen) atoms. The Kier molecular flexibility index (Phi) is 5.84. The van der Waals surface area contributed by atoms with Crippen molar-refractivity contribution in [1.82, 2.24) is 4.57 Å². The predicted octanol–water partition coefficient (Wildman–Crippen LogP) is 3.29. The number of halogens is 1. The highest BCUT2D eigenvalue weighted by Crippen LogP contribution is 2.29. The van der Waals surface area contributed by atoms with Crippen molar-refractivity contribution in [3.63, 3.8) is 0 Å². The molecule has 0 radical (unpaired) electrons. The molecule has 0 aliphatic rings. The lowest BCUT2D eigenvalue weighted by Crippen LogP contribution is -2.22. The van der Waals surface area contributed by atoms with Crippen LogP contribution in [0.15, 0.2) is 43.8 Å². The van der Waals surface area contributed by atoms with E-state index in [1.54, 1.807) is 18.2 Å². The molecule has 1 aromatic heterocycles. The number of hydrogen-bond acceptors (Lipinski definition) is 6. The molecule has 0 aliphatic carbocycles. The van der Waals surface area contributed by atoms with Crippen LogP contribution in [-0.2, 0) is 6.54 Å². The average molecular weight is 391 g/mol. The summed E-state index contributed by atoms with van der Waals surface area (Å²) in [7, 11) is 0. The molecule has 8 heteroatoms. The van der Waals surface area contributed by atoms with Crippen molar-refractivity contribution in [2.24, 2.45) is 10.2 Å². The van der Waals surface area contributed by atoms with Crippen LogP contribution in [0, 0.1) is 18.3 Å². The summed E-state index contributed by atoms with van der Waals surface area (Å²) in [4.78, 5) is 12.5. The van der Waals surface area contributed by atoms with E-state index in [1.165, 1.54) is 6.92 Å². The molecule has 7 nitrogen and oxygen atoms in total. The van der Waals surface area contributed by atoms with E-state index in [0.29, 0.717) is 10.2 Å². The molecule has 1 heterocycles. The van der Waals surface area contributed by atoms with Gasteiger partial charge in [0.25, 0.3) is 5.56 Å². The zero-order chi connectivity index (χ0) is 17.7. The molecule has 0 bridgehead atoms. The molecule has 0 aliphatic heterocycles. The first-order chi connectivity index (χ1) is 11.5. The van der Waals surface area contributed by atoms with Gasteiger partial charge in [-0.15, -0.1) is 10.2 Å². The normalized spacial score (nSPS) is 10.9. The van der Waals surface area contributed by atoms with E-state index in [9.17, 15) is 15.2 Å². The lowest BCUT2D eigenvalue weighted by atomic mass is 10.1. The van der Waals surface area contributed by atoms with Gasteiger partial charge in [0.15, 0.2) is 5.69 Å². The summed E-state index contributed by atoms with van der Waals surface area (Å²) in [6.07, 6.45) is 0.266. The second-order valence-corrected chi connectivity index (χ2v) is 5.82. The topological polar surface area (TPSA) is 111 Å². The van der Waals surface area contributed by atoms with Crippen LogP contribution in [-0.4, -0.2) is 21.4 Å². The van der Waals surface area contributed by atoms with E-state index in [1.807, 2.05) is 12.1 Å². The van der Waals surface area contributed by atoms with E-state index >= 15 is 0 Å². The molecule has 0 atom stereocenters. The molecule has 0 fully saturated rings. The van der Waals surface area contributed by atoms with Gasteiger partial charge in [0.1, 0.15) is 11.6 Å². The molecule has 2 N–H and O–H groups in total. The average Bonchev–Trinajstić information content (AvgIpc) is 2.56. The van der Waals surface area contributed by atoms with Gasteiger partial charge in [-0.1, -0.05) is 12.1 Å². The summed E-state index contributed by atoms with van der Waals surface area (Å²) >= 11 is 3.34. The highest BCUT2D eigenvalue weighted by Gasteiger charge is 2.18. The fourth-order valence-electron chi connectivity index (χ4n) is 2.13. The molecule has 2 rings (SSSR count). The van der Waals surface area contributed by atoms with Gasteiger partial charge in [-0.05, 0) is 41.4 Å². The first-order valence-electron chi connectivity index (χ1n) is 7.14. The lowest BCUT2D eigenvalue weighted by molar-refractivity contribution is 0.274. The quantitative estimate of drug-likeness (QED) is 0.762. The van der Waals surface area contributed by atoms with E-state index in [-0.39, 0.29) is 36.4 Å². The molecular formula is C16H15BrN4O3. The lowest BCUT2D eigenvalue weighted by Gasteiger charge is -2.12. The van der Waals surface area contributed by atoms with Gasteiger partial charge in [-0.2, -0.15) is 5.26 Å². The van der Waals surface area contributed by atoms with Gasteiger partial charge < -0.3 is 10.2 Å². The Hall–Kier alpha value is -2.50. The second kappa shape index (κ2) is 7.86. The van der Waals surface area contributed by atoms with Crippen LogP contribution in [0.2, 0.25) is 0 Å². The predicted molar refractivity (Wildman–Crippen MR) is 91.8 cm³/mol. The molecule has 0 saturated heterocycles. The SMILES string of the molecule is Cc1c(C#N)c(O)n(CCCO)c(=O)c1N=Nc1ccccc1Br. The fourth-order valence-corrected chi connectivity index (χ4v) is 2.49. The van der Waals surface area contributed by atoms with Crippen LogP contribution in [0.1, 0.15) is 17.5 Å². The maximum atomic E-state index is 12.5. The summed E-state index contributed by atoms with van der Waals surface area (Å²) < 4.78 is 1.74. The molecule has 0 unspecified atom stereocenters. The zero-order valence-corrected chi connectivity index (χ0v) is 14.5. The number of aromatic hydroxyl groups is 1. The Bertz CT molecular complexity index is 884. The first-order valence-corrected chi connectivity index (χ1v) is 7.94. The van der Waals surface area contributed by atoms with Crippen molar-refractivity contribution >= 4 is 27.3 Å². The Balaban J connectivity index is 2.59. The minimum Gasteiger partial charge on any atom is -0.493 e. The molecule has 0 amide bonds. The summed E-state index contributed by atoms with van der Waals surface area (Å²) in [6, 6.07) is 8.99. The van der Waals surface area contributed by atoms with E-state index in [4.69, 9.17) is 5.11 Å². The van der Waals surface area contributed by atoms with Crippen molar-refractivity contribution in [2.75, 3.05) is 6.61 Å². The third-order valence-electron chi connectivity index (χ3n) is 3.42. The number of nitrogens with zero attached hydrogens (tertiary/aromatic N) is 4. The summed E-state index contributed by atoms with van der Waals surface area (Å²) in [6.45, 7) is 1.47. The van der Waals surface area contributed by atoms with Crippen molar-refractivity contribution in [3.8, 4) is 11.9 Å². The number of rotatable bonds is 5. The minimum absolute atomic E-state index is 0.0157. The fraction of sp³-hybridized carbons (Fsp3) is 0.250. The molecule has 124 valence electrons. The monoisotopic (exact) mass is 390 g/mol. The van der Waals surface area contributed by atoms with Gasteiger partial charge >= 0.3 is 0 Å². The van der Waals surface area contributed by atoms with Crippen molar-refractivity contribution < 1.29 is 10.2 Å². The Morgan fingerprint density at radius 2 is 2.04 bits per heavy atom. The Morgan fingerprint density at radius 1 is 1.33 bits per heavy atom. The van der Waals surface area contributed by atoms with E-state index in [2.05, 4.69) is 26.2 Å². The highest BCUT2D eigenvalue weighted by molar-refractivity contribution is 9.10. The molecule has 0 spiro atoms. The third-order valence-corrected chi connectivity index (χ3v) is 4.09. The number of benzene rings is 1. The molecular weight excluding hydrogens is 376 g/mol. The first kappa shape index (κ1) is 17.8. The van der Waals surface area contributed by atoms with Crippen LogP contribution in [0.4, 0.5) is 11.4 Å². The van der Waals surface area contributed by atoms with Gasteiger partial charge in [-0.25, -0.2) is 0 Å². The Morgan fingerprint density at radius 3 is 2.67 bits per heavy atom. The summed E-state index contributed by atoms with van der Waals surface area (Å²) in [5.74, 6) is -0.423. The van der Waals surface area contributed by atoms with Crippen molar-refractivity contribution in [3.05, 3.63) is 50.2 Å².